The van der Waals surface area contributed by atoms with Gasteiger partial charge in [-0.05, 0) is 31.2 Å². The van der Waals surface area contributed by atoms with E-state index in [0.717, 1.165) is 5.69 Å². The van der Waals surface area contributed by atoms with Crippen LogP contribution in [-0.4, -0.2) is 42.7 Å². The van der Waals surface area contributed by atoms with E-state index in [1.807, 2.05) is 25.1 Å². The summed E-state index contributed by atoms with van der Waals surface area (Å²) in [5.74, 6) is 1.61. The number of hydrogen-bond donors (Lipinski definition) is 3. The summed E-state index contributed by atoms with van der Waals surface area (Å²) < 4.78 is 27.1. The van der Waals surface area contributed by atoms with Crippen LogP contribution in [0.15, 0.2) is 59.6 Å². The van der Waals surface area contributed by atoms with Gasteiger partial charge >= 0.3 is 0 Å². The quantitative estimate of drug-likeness (QED) is 0.360. The number of sulfonamides is 1. The molecule has 0 aliphatic carbocycles. The summed E-state index contributed by atoms with van der Waals surface area (Å²) in [6.07, 6.45) is 2.33. The van der Waals surface area contributed by atoms with Crippen molar-refractivity contribution >= 4 is 33.9 Å². The molecule has 3 N–H and O–H groups in total. The number of aldehydes is 1. The van der Waals surface area contributed by atoms with E-state index in [-0.39, 0.29) is 18.0 Å². The second-order valence-corrected chi connectivity index (χ2v) is 7.84. The summed E-state index contributed by atoms with van der Waals surface area (Å²) in [5, 5.41) is 6.09. The first-order chi connectivity index (χ1) is 14.0. The second kappa shape index (κ2) is 9.22. The fraction of sp³-hybridized carbons (Fsp3) is 0.158. The lowest BCUT2D eigenvalue weighted by molar-refractivity contribution is 0.112. The number of nitrogens with one attached hydrogen (secondary N) is 3. The summed E-state index contributed by atoms with van der Waals surface area (Å²) in [4.78, 5) is 23.6. The predicted octanol–water partition coefficient (Wildman–Crippen LogP) is 2.13. The van der Waals surface area contributed by atoms with E-state index in [9.17, 15) is 13.2 Å². The number of aryl methyl sites for hydroxylation is 1. The average Bonchev–Trinajstić information content (AvgIpc) is 2.72. The van der Waals surface area contributed by atoms with Crippen molar-refractivity contribution in [2.75, 3.05) is 23.7 Å². The molecule has 2 heterocycles. The molecule has 0 saturated heterocycles. The minimum absolute atomic E-state index is 0.0942. The standard InChI is InChI=1S/C19H20N6O3S/c1-14-12-18(24-17-4-2-3-9-20-17)25-19(23-14)21-10-11-22-29(27,28)16-7-5-15(13-26)6-8-16/h2-9,12-13,22H,10-11H2,1H3,(H2,20,21,23,24,25). The van der Waals surface area contributed by atoms with E-state index in [0.29, 0.717) is 29.4 Å². The minimum Gasteiger partial charge on any atom is -0.353 e. The van der Waals surface area contributed by atoms with Crippen LogP contribution in [0.3, 0.4) is 0 Å². The van der Waals surface area contributed by atoms with Gasteiger partial charge in [0.1, 0.15) is 17.9 Å². The highest BCUT2D eigenvalue weighted by molar-refractivity contribution is 7.89. The molecule has 0 aliphatic heterocycles. The van der Waals surface area contributed by atoms with Crippen molar-refractivity contribution in [1.29, 1.82) is 0 Å². The van der Waals surface area contributed by atoms with Gasteiger partial charge in [0.15, 0.2) is 0 Å². The summed E-state index contributed by atoms with van der Waals surface area (Å²) in [6.45, 7) is 2.26. The highest BCUT2D eigenvalue weighted by Crippen LogP contribution is 2.14. The molecular weight excluding hydrogens is 392 g/mol. The normalized spacial score (nSPS) is 11.1. The molecule has 0 amide bonds. The molecule has 1 aromatic carbocycles. The van der Waals surface area contributed by atoms with Crippen molar-refractivity contribution in [3.05, 3.63) is 66.0 Å². The third-order valence-electron chi connectivity index (χ3n) is 3.80. The smallest absolute Gasteiger partial charge is 0.240 e. The van der Waals surface area contributed by atoms with Crippen molar-refractivity contribution in [3.8, 4) is 0 Å². The van der Waals surface area contributed by atoms with Crippen LogP contribution in [0, 0.1) is 6.92 Å². The Morgan fingerprint density at radius 1 is 1.00 bits per heavy atom. The van der Waals surface area contributed by atoms with E-state index in [1.165, 1.54) is 24.3 Å². The molecule has 0 atom stereocenters. The van der Waals surface area contributed by atoms with Crippen molar-refractivity contribution in [1.82, 2.24) is 19.7 Å². The lowest BCUT2D eigenvalue weighted by Crippen LogP contribution is -2.29. The zero-order chi connectivity index (χ0) is 20.7. The van der Waals surface area contributed by atoms with Gasteiger partial charge in [0.05, 0.1) is 4.90 Å². The van der Waals surface area contributed by atoms with Gasteiger partial charge in [0.2, 0.25) is 16.0 Å². The topological polar surface area (TPSA) is 126 Å². The van der Waals surface area contributed by atoms with E-state index < -0.39 is 10.0 Å². The fourth-order valence-corrected chi connectivity index (χ4v) is 3.48. The molecular formula is C19H20N6O3S. The van der Waals surface area contributed by atoms with Gasteiger partial charge in [-0.1, -0.05) is 18.2 Å². The number of hydrogen-bond acceptors (Lipinski definition) is 8. The monoisotopic (exact) mass is 412 g/mol. The number of nitrogens with zero attached hydrogens (tertiary/aromatic N) is 3. The first-order valence-corrected chi connectivity index (χ1v) is 10.3. The number of aromatic nitrogens is 3. The summed E-state index contributed by atoms with van der Waals surface area (Å²) in [5.41, 5.74) is 1.16. The number of carbonyl (C=O) groups is 1. The van der Waals surface area contributed by atoms with Crippen LogP contribution in [-0.2, 0) is 10.0 Å². The summed E-state index contributed by atoms with van der Waals surface area (Å²) >= 11 is 0. The summed E-state index contributed by atoms with van der Waals surface area (Å²) in [7, 11) is -3.66. The van der Waals surface area contributed by atoms with Crippen LogP contribution in [0.2, 0.25) is 0 Å². The highest BCUT2D eigenvalue weighted by atomic mass is 32.2. The highest BCUT2D eigenvalue weighted by Gasteiger charge is 2.13. The number of anilines is 3. The van der Waals surface area contributed by atoms with Crippen LogP contribution in [0.1, 0.15) is 16.1 Å². The van der Waals surface area contributed by atoms with Gasteiger partial charge in [-0.2, -0.15) is 4.98 Å². The Labute approximate surface area is 168 Å². The lowest BCUT2D eigenvalue weighted by Gasteiger charge is -2.10. The third kappa shape index (κ3) is 5.80. The molecule has 0 aliphatic rings. The Bertz CT molecular complexity index is 1070. The van der Waals surface area contributed by atoms with E-state index in [4.69, 9.17) is 0 Å². The van der Waals surface area contributed by atoms with Crippen LogP contribution in [0.4, 0.5) is 17.6 Å². The molecule has 0 fully saturated rings. The van der Waals surface area contributed by atoms with Crippen LogP contribution in [0.5, 0.6) is 0 Å². The van der Waals surface area contributed by atoms with E-state index >= 15 is 0 Å². The first-order valence-electron chi connectivity index (χ1n) is 8.79. The maximum atomic E-state index is 12.3. The summed E-state index contributed by atoms with van der Waals surface area (Å²) in [6, 6.07) is 13.0. The molecule has 9 nitrogen and oxygen atoms in total. The van der Waals surface area contributed by atoms with Crippen molar-refractivity contribution in [3.63, 3.8) is 0 Å². The average molecular weight is 412 g/mol. The molecule has 10 heteroatoms. The van der Waals surface area contributed by atoms with Gasteiger partial charge in [0, 0.05) is 36.6 Å². The van der Waals surface area contributed by atoms with Crippen molar-refractivity contribution < 1.29 is 13.2 Å². The van der Waals surface area contributed by atoms with E-state index in [1.54, 1.807) is 12.3 Å². The molecule has 3 rings (SSSR count). The maximum absolute atomic E-state index is 12.3. The fourth-order valence-electron chi connectivity index (χ4n) is 2.45. The molecule has 0 spiro atoms. The molecule has 3 aromatic rings. The molecule has 0 saturated carbocycles. The van der Waals surface area contributed by atoms with Crippen LogP contribution < -0.4 is 15.4 Å². The Morgan fingerprint density at radius 2 is 1.79 bits per heavy atom. The molecule has 29 heavy (non-hydrogen) atoms. The lowest BCUT2D eigenvalue weighted by atomic mass is 10.2. The van der Waals surface area contributed by atoms with Crippen molar-refractivity contribution in [2.24, 2.45) is 0 Å². The number of pyridine rings is 1. The first kappa shape index (κ1) is 20.4. The molecule has 150 valence electrons. The zero-order valence-electron chi connectivity index (χ0n) is 15.7. The van der Waals surface area contributed by atoms with Crippen molar-refractivity contribution in [2.45, 2.75) is 11.8 Å². The Balaban J connectivity index is 1.56. The maximum Gasteiger partial charge on any atom is 0.240 e. The van der Waals surface area contributed by atoms with Crippen LogP contribution in [0.25, 0.3) is 0 Å². The number of rotatable bonds is 9. The van der Waals surface area contributed by atoms with E-state index in [2.05, 4.69) is 30.3 Å². The third-order valence-corrected chi connectivity index (χ3v) is 5.28. The van der Waals surface area contributed by atoms with Gasteiger partial charge < -0.3 is 10.6 Å². The second-order valence-electron chi connectivity index (χ2n) is 6.07. The van der Waals surface area contributed by atoms with Gasteiger partial charge in [0.25, 0.3) is 0 Å². The Kier molecular flexibility index (Phi) is 6.47. The molecule has 0 unspecified atom stereocenters. The predicted molar refractivity (Wildman–Crippen MR) is 110 cm³/mol. The molecule has 0 bridgehead atoms. The SMILES string of the molecule is Cc1cc(Nc2ccccn2)nc(NCCNS(=O)(=O)c2ccc(C=O)cc2)n1. The van der Waals surface area contributed by atoms with Crippen LogP contribution >= 0.6 is 0 Å². The Morgan fingerprint density at radius 3 is 2.48 bits per heavy atom. The zero-order valence-corrected chi connectivity index (χ0v) is 16.5. The Hall–Kier alpha value is -3.37. The van der Waals surface area contributed by atoms with Gasteiger partial charge in [-0.3, -0.25) is 4.79 Å². The molecule has 2 aromatic heterocycles. The van der Waals surface area contributed by atoms with Gasteiger partial charge in [-0.25, -0.2) is 23.1 Å². The molecule has 0 radical (unpaired) electrons. The number of carbonyl (C=O) groups excluding carboxylic acids is 1. The largest absolute Gasteiger partial charge is 0.353 e. The minimum atomic E-state index is -3.66. The van der Waals surface area contributed by atoms with Gasteiger partial charge in [-0.15, -0.1) is 0 Å². The number of benzene rings is 1.